The zero-order valence-corrected chi connectivity index (χ0v) is 17.4. The van der Waals surface area contributed by atoms with Crippen LogP contribution in [0.5, 0.6) is 11.5 Å². The molecule has 0 aliphatic heterocycles. The van der Waals surface area contributed by atoms with E-state index in [2.05, 4.69) is 6.92 Å². The van der Waals surface area contributed by atoms with Crippen molar-refractivity contribution in [2.75, 3.05) is 0 Å². The molecule has 0 radical (unpaired) electrons. The van der Waals surface area contributed by atoms with Gasteiger partial charge in [-0.2, -0.15) is 0 Å². The van der Waals surface area contributed by atoms with Gasteiger partial charge >= 0.3 is 11.9 Å². The van der Waals surface area contributed by atoms with E-state index in [1.807, 2.05) is 43.3 Å². The van der Waals surface area contributed by atoms with Crippen molar-refractivity contribution in [3.8, 4) is 11.5 Å². The average molecular weight is 402 g/mol. The number of fused-ring (bicyclic) bond motifs is 1. The molecule has 0 saturated heterocycles. The summed E-state index contributed by atoms with van der Waals surface area (Å²) in [5.74, 6) is 0.417. The van der Waals surface area contributed by atoms with Gasteiger partial charge in [-0.1, -0.05) is 61.7 Å². The van der Waals surface area contributed by atoms with E-state index in [0.717, 1.165) is 36.6 Å². The zero-order valence-electron chi connectivity index (χ0n) is 17.4. The molecule has 0 bridgehead atoms. The minimum absolute atomic E-state index is 0.0870. The maximum Gasteiger partial charge on any atom is 0.343 e. The minimum Gasteiger partial charge on any atom is -0.426 e. The molecule has 4 nitrogen and oxygen atoms in total. The SMILES string of the molecule is Cc1cccc(C(=O)Oc2cccc3cccc(OC(=O)C4CCCCC4C)c23)c1. The Bertz CT molecular complexity index is 1080. The molecule has 1 fully saturated rings. The van der Waals surface area contributed by atoms with E-state index in [0.29, 0.717) is 28.4 Å². The van der Waals surface area contributed by atoms with Crippen LogP contribution >= 0.6 is 0 Å². The lowest BCUT2D eigenvalue weighted by molar-refractivity contribution is -0.141. The molecule has 3 aromatic rings. The number of carbonyl (C=O) groups excluding carboxylic acids is 2. The summed E-state index contributed by atoms with van der Waals surface area (Å²) in [4.78, 5) is 25.6. The van der Waals surface area contributed by atoms with Crippen molar-refractivity contribution < 1.29 is 19.1 Å². The molecule has 2 atom stereocenters. The number of ether oxygens (including phenoxy) is 2. The predicted octanol–water partition coefficient (Wildman–Crippen LogP) is 6.10. The second-order valence-corrected chi connectivity index (χ2v) is 8.16. The summed E-state index contributed by atoms with van der Waals surface area (Å²) in [6, 6.07) is 18.3. The fraction of sp³-hybridized carbons (Fsp3) is 0.308. The quantitative estimate of drug-likeness (QED) is 0.391. The largest absolute Gasteiger partial charge is 0.426 e. The first-order valence-electron chi connectivity index (χ1n) is 10.6. The van der Waals surface area contributed by atoms with E-state index in [1.165, 1.54) is 0 Å². The third kappa shape index (κ3) is 4.23. The molecule has 0 spiro atoms. The number of rotatable bonds is 4. The summed E-state index contributed by atoms with van der Waals surface area (Å²) < 4.78 is 11.6. The predicted molar refractivity (Wildman–Crippen MR) is 117 cm³/mol. The van der Waals surface area contributed by atoms with Gasteiger partial charge in [-0.05, 0) is 55.3 Å². The topological polar surface area (TPSA) is 52.6 Å². The Kier molecular flexibility index (Phi) is 5.84. The van der Waals surface area contributed by atoms with Crippen LogP contribution in [0, 0.1) is 18.8 Å². The monoisotopic (exact) mass is 402 g/mol. The summed E-state index contributed by atoms with van der Waals surface area (Å²) in [7, 11) is 0. The molecule has 0 heterocycles. The summed E-state index contributed by atoms with van der Waals surface area (Å²) in [5.41, 5.74) is 1.47. The van der Waals surface area contributed by atoms with E-state index in [4.69, 9.17) is 9.47 Å². The van der Waals surface area contributed by atoms with Crippen LogP contribution in [0.4, 0.5) is 0 Å². The smallest absolute Gasteiger partial charge is 0.343 e. The van der Waals surface area contributed by atoms with Crippen molar-refractivity contribution in [3.05, 3.63) is 71.8 Å². The number of benzene rings is 3. The minimum atomic E-state index is -0.437. The van der Waals surface area contributed by atoms with Gasteiger partial charge in [-0.15, -0.1) is 0 Å². The zero-order chi connectivity index (χ0) is 21.1. The van der Waals surface area contributed by atoms with Crippen LogP contribution in [0.1, 0.15) is 48.5 Å². The molecule has 0 aromatic heterocycles. The maximum absolute atomic E-state index is 12.9. The third-order valence-electron chi connectivity index (χ3n) is 5.91. The standard InChI is InChI=1S/C26H26O4/c1-17-8-5-12-20(16-17)25(27)29-22-14-6-10-19-11-7-15-23(24(19)22)30-26(28)21-13-4-3-9-18(21)2/h5-8,10-12,14-16,18,21H,3-4,9,13H2,1-2H3. The van der Waals surface area contributed by atoms with Crippen molar-refractivity contribution >= 4 is 22.7 Å². The van der Waals surface area contributed by atoms with Crippen molar-refractivity contribution in [2.45, 2.75) is 39.5 Å². The van der Waals surface area contributed by atoms with Crippen LogP contribution in [-0.2, 0) is 4.79 Å². The average Bonchev–Trinajstić information content (AvgIpc) is 2.74. The van der Waals surface area contributed by atoms with Crippen LogP contribution in [0.3, 0.4) is 0 Å². The van der Waals surface area contributed by atoms with Gasteiger partial charge in [0.25, 0.3) is 0 Å². The van der Waals surface area contributed by atoms with Gasteiger partial charge in [0, 0.05) is 0 Å². The molecule has 30 heavy (non-hydrogen) atoms. The highest BCUT2D eigenvalue weighted by atomic mass is 16.5. The molecule has 2 unspecified atom stereocenters. The van der Waals surface area contributed by atoms with Gasteiger partial charge in [0.2, 0.25) is 0 Å². The molecule has 4 heteroatoms. The first kappa shape index (κ1) is 20.1. The maximum atomic E-state index is 12.9. The fourth-order valence-corrected chi connectivity index (χ4v) is 4.22. The highest BCUT2D eigenvalue weighted by Crippen LogP contribution is 2.36. The Hall–Kier alpha value is -3.14. The van der Waals surface area contributed by atoms with Gasteiger partial charge < -0.3 is 9.47 Å². The lowest BCUT2D eigenvalue weighted by atomic mass is 9.80. The van der Waals surface area contributed by atoms with Gasteiger partial charge in [0.05, 0.1) is 16.9 Å². The molecule has 1 aliphatic rings. The van der Waals surface area contributed by atoms with Crippen LogP contribution in [0.25, 0.3) is 10.8 Å². The highest BCUT2D eigenvalue weighted by Gasteiger charge is 2.30. The number of esters is 2. The van der Waals surface area contributed by atoms with Gasteiger partial charge in [0.15, 0.2) is 0 Å². The summed E-state index contributed by atoms with van der Waals surface area (Å²) in [6.45, 7) is 4.04. The first-order chi connectivity index (χ1) is 14.5. The van der Waals surface area contributed by atoms with Crippen LogP contribution < -0.4 is 9.47 Å². The third-order valence-corrected chi connectivity index (χ3v) is 5.91. The molecule has 1 aliphatic carbocycles. The lowest BCUT2D eigenvalue weighted by Gasteiger charge is -2.26. The van der Waals surface area contributed by atoms with Gasteiger partial charge in [-0.3, -0.25) is 4.79 Å². The summed E-state index contributed by atoms with van der Waals surface area (Å²) in [5, 5.41) is 1.49. The Labute approximate surface area is 176 Å². The van der Waals surface area contributed by atoms with E-state index >= 15 is 0 Å². The van der Waals surface area contributed by atoms with E-state index in [1.54, 1.807) is 24.3 Å². The van der Waals surface area contributed by atoms with Crippen molar-refractivity contribution in [1.82, 2.24) is 0 Å². The number of hydrogen-bond acceptors (Lipinski definition) is 4. The molecular weight excluding hydrogens is 376 g/mol. The van der Waals surface area contributed by atoms with Crippen LogP contribution in [0.2, 0.25) is 0 Å². The molecule has 154 valence electrons. The van der Waals surface area contributed by atoms with E-state index in [9.17, 15) is 9.59 Å². The van der Waals surface area contributed by atoms with E-state index < -0.39 is 5.97 Å². The van der Waals surface area contributed by atoms with Crippen molar-refractivity contribution in [3.63, 3.8) is 0 Å². The summed E-state index contributed by atoms with van der Waals surface area (Å²) in [6.07, 6.45) is 4.13. The highest BCUT2D eigenvalue weighted by molar-refractivity contribution is 5.99. The number of carbonyl (C=O) groups is 2. The first-order valence-corrected chi connectivity index (χ1v) is 10.6. The lowest BCUT2D eigenvalue weighted by Crippen LogP contribution is -2.29. The molecular formula is C26H26O4. The number of hydrogen-bond donors (Lipinski definition) is 0. The second-order valence-electron chi connectivity index (χ2n) is 8.16. The van der Waals surface area contributed by atoms with Gasteiger partial charge in [0.1, 0.15) is 11.5 Å². The second kappa shape index (κ2) is 8.70. The van der Waals surface area contributed by atoms with E-state index in [-0.39, 0.29) is 11.9 Å². The van der Waals surface area contributed by atoms with Crippen LogP contribution in [-0.4, -0.2) is 11.9 Å². The Morgan fingerprint density at radius 2 is 1.53 bits per heavy atom. The van der Waals surface area contributed by atoms with Crippen LogP contribution in [0.15, 0.2) is 60.7 Å². The molecule has 1 saturated carbocycles. The Morgan fingerprint density at radius 3 is 2.23 bits per heavy atom. The molecule has 4 rings (SSSR count). The number of aryl methyl sites for hydroxylation is 1. The normalized spacial score (nSPS) is 18.7. The van der Waals surface area contributed by atoms with Crippen molar-refractivity contribution in [2.24, 2.45) is 11.8 Å². The summed E-state index contributed by atoms with van der Waals surface area (Å²) >= 11 is 0. The molecule has 0 amide bonds. The molecule has 3 aromatic carbocycles. The Morgan fingerprint density at radius 1 is 0.867 bits per heavy atom. The van der Waals surface area contributed by atoms with Gasteiger partial charge in [-0.25, -0.2) is 4.79 Å². The Balaban J connectivity index is 1.65. The van der Waals surface area contributed by atoms with Crippen molar-refractivity contribution in [1.29, 1.82) is 0 Å². The fourth-order valence-electron chi connectivity index (χ4n) is 4.22. The molecule has 0 N–H and O–H groups in total.